The van der Waals surface area contributed by atoms with Crippen LogP contribution in [0.1, 0.15) is 78.7 Å². The molecule has 0 spiro atoms. The average molecular weight is 594 g/mol. The normalized spacial score (nSPS) is 38.9. The number of ether oxygens (including phenoxy) is 2. The quantitative estimate of drug-likeness (QED) is 0.371. The van der Waals surface area contributed by atoms with Crippen molar-refractivity contribution >= 4 is 29.1 Å². The Balaban J connectivity index is 1.53. The van der Waals surface area contributed by atoms with E-state index in [0.29, 0.717) is 19.3 Å². The van der Waals surface area contributed by atoms with Crippen molar-refractivity contribution in [3.05, 3.63) is 53.6 Å². The Morgan fingerprint density at radius 1 is 1.09 bits per heavy atom. The van der Waals surface area contributed by atoms with Crippen LogP contribution < -0.4 is 0 Å². The number of aryl methyl sites for hydroxylation is 1. The van der Waals surface area contributed by atoms with Gasteiger partial charge in [-0.1, -0.05) is 57.5 Å². The smallest absolute Gasteiger partial charge is 0.306 e. The minimum absolute atomic E-state index is 0.0552. The van der Waals surface area contributed by atoms with Crippen molar-refractivity contribution in [3.8, 4) is 0 Å². The van der Waals surface area contributed by atoms with Crippen LogP contribution in [0.5, 0.6) is 0 Å². The van der Waals surface area contributed by atoms with Gasteiger partial charge in [0.05, 0.1) is 17.5 Å². The van der Waals surface area contributed by atoms with Gasteiger partial charge in [0.1, 0.15) is 0 Å². The number of esters is 2. The molecule has 0 saturated heterocycles. The molecule has 5 rings (SSSR count). The molecule has 232 valence electrons. The number of carbonyl (C=O) groups excluding carboxylic acids is 3. The fourth-order valence-corrected chi connectivity index (χ4v) is 8.91. The van der Waals surface area contributed by atoms with Gasteiger partial charge in [0.25, 0.3) is 0 Å². The Bertz CT molecular complexity index is 1420. The van der Waals surface area contributed by atoms with Crippen molar-refractivity contribution < 1.29 is 33.4 Å². The second-order valence-electron chi connectivity index (χ2n) is 13.3. The van der Waals surface area contributed by atoms with Crippen LogP contribution in [-0.4, -0.2) is 52.5 Å². The minimum Gasteiger partial charge on any atom is -0.457 e. The number of hydrogen-bond donors (Lipinski definition) is 1. The Labute approximate surface area is 253 Å². The summed E-state index contributed by atoms with van der Waals surface area (Å²) in [6, 6.07) is 7.85. The van der Waals surface area contributed by atoms with Crippen LogP contribution in [0, 0.1) is 35.5 Å². The number of ketones is 1. The maximum Gasteiger partial charge on any atom is 0.306 e. The maximum atomic E-state index is 17.9. The number of para-hydroxylation sites is 1. The van der Waals surface area contributed by atoms with Crippen LogP contribution in [0.15, 0.2) is 53.1 Å². The van der Waals surface area contributed by atoms with Gasteiger partial charge in [0.15, 0.2) is 17.9 Å². The molecule has 8 heteroatoms. The summed E-state index contributed by atoms with van der Waals surface area (Å²) in [5.41, 5.74) is -2.25. The highest BCUT2D eigenvalue weighted by Crippen LogP contribution is 2.71. The summed E-state index contributed by atoms with van der Waals surface area (Å²) in [6.07, 6.45) is 5.86. The summed E-state index contributed by atoms with van der Waals surface area (Å²) in [6.45, 7) is 10.3. The molecule has 4 aliphatic carbocycles. The lowest BCUT2D eigenvalue weighted by Crippen LogP contribution is -2.70. The van der Waals surface area contributed by atoms with Crippen molar-refractivity contribution in [1.29, 1.82) is 0 Å². The summed E-state index contributed by atoms with van der Waals surface area (Å²) < 4.78 is 29.2. The predicted molar refractivity (Wildman–Crippen MR) is 162 cm³/mol. The number of aliphatic hydroxyl groups is 1. The number of fused-ring (bicyclic) bond motifs is 5. The van der Waals surface area contributed by atoms with Gasteiger partial charge < -0.3 is 14.6 Å². The zero-order valence-corrected chi connectivity index (χ0v) is 26.1. The minimum atomic E-state index is -2.01. The molecule has 0 amide bonds. The molecule has 0 aromatic heterocycles. The lowest BCUT2D eigenvalue weighted by Gasteiger charge is -2.62. The fourth-order valence-electron chi connectivity index (χ4n) is 8.91. The summed E-state index contributed by atoms with van der Waals surface area (Å²) in [5, 5.41) is 11.9. The molecular weight excluding hydrogens is 549 g/mol. The first-order chi connectivity index (χ1) is 20.3. The summed E-state index contributed by atoms with van der Waals surface area (Å²) in [5.74, 6) is -2.98. The third-order valence-corrected chi connectivity index (χ3v) is 11.2. The molecule has 3 saturated carbocycles. The number of benzene rings is 1. The van der Waals surface area contributed by atoms with Crippen LogP contribution in [0.4, 0.5) is 10.1 Å². The van der Waals surface area contributed by atoms with Crippen LogP contribution in [0.25, 0.3) is 0 Å². The first-order valence-corrected chi connectivity index (χ1v) is 15.6. The van der Waals surface area contributed by atoms with Gasteiger partial charge in [0, 0.05) is 35.5 Å². The Kier molecular flexibility index (Phi) is 8.08. The molecule has 0 bridgehead atoms. The number of Topliss-reactive ketones (excluding diaryl/α,β-unsaturated/α-hetero) is 1. The van der Waals surface area contributed by atoms with E-state index < -0.39 is 64.4 Å². The van der Waals surface area contributed by atoms with Gasteiger partial charge in [0.2, 0.25) is 5.78 Å². The van der Waals surface area contributed by atoms with E-state index >= 15 is 4.39 Å². The van der Waals surface area contributed by atoms with Crippen LogP contribution >= 0.6 is 0 Å². The Hall–Kier alpha value is -3.13. The predicted octanol–water partition coefficient (Wildman–Crippen LogP) is 6.33. The Morgan fingerprint density at radius 3 is 2.47 bits per heavy atom. The molecular formula is C35H44FNO6. The van der Waals surface area contributed by atoms with Crippen molar-refractivity contribution in [2.45, 2.75) is 97.4 Å². The number of aliphatic imine (C=N–C) groups is 1. The number of hydrogen-bond acceptors (Lipinski definition) is 7. The van der Waals surface area contributed by atoms with Crippen molar-refractivity contribution in [2.24, 2.45) is 33.6 Å². The molecule has 8 atom stereocenters. The van der Waals surface area contributed by atoms with Crippen LogP contribution in [0.2, 0.25) is 0 Å². The molecule has 43 heavy (non-hydrogen) atoms. The molecule has 3 fully saturated rings. The van der Waals surface area contributed by atoms with Crippen molar-refractivity contribution in [2.75, 3.05) is 6.61 Å². The summed E-state index contributed by atoms with van der Waals surface area (Å²) >= 11 is 0. The molecule has 0 heterocycles. The summed E-state index contributed by atoms with van der Waals surface area (Å²) in [4.78, 5) is 43.6. The van der Waals surface area contributed by atoms with Crippen molar-refractivity contribution in [1.82, 2.24) is 0 Å². The highest BCUT2D eigenvalue weighted by Gasteiger charge is 2.77. The highest BCUT2D eigenvalue weighted by atomic mass is 19.1. The lowest BCUT2D eigenvalue weighted by molar-refractivity contribution is -0.228. The van der Waals surface area contributed by atoms with Crippen molar-refractivity contribution in [3.63, 3.8) is 0 Å². The number of allylic oxidation sites excluding steroid dienone is 4. The van der Waals surface area contributed by atoms with E-state index in [2.05, 4.69) is 0 Å². The highest BCUT2D eigenvalue weighted by molar-refractivity contribution is 6.07. The Morgan fingerprint density at radius 2 is 1.79 bits per heavy atom. The topological polar surface area (TPSA) is 102 Å². The van der Waals surface area contributed by atoms with E-state index in [1.165, 1.54) is 0 Å². The number of aliphatic hydroxyl groups excluding tert-OH is 1. The number of halogens is 1. The van der Waals surface area contributed by atoms with E-state index in [-0.39, 0.29) is 25.2 Å². The number of nitrogens with zero attached hydrogens (tertiary/aromatic N) is 1. The summed E-state index contributed by atoms with van der Waals surface area (Å²) in [7, 11) is 0. The van der Waals surface area contributed by atoms with E-state index in [4.69, 9.17) is 14.5 Å². The van der Waals surface area contributed by atoms with Crippen LogP contribution in [0.3, 0.4) is 0 Å². The molecule has 4 aliphatic rings. The third-order valence-electron chi connectivity index (χ3n) is 11.2. The molecule has 0 radical (unpaired) electrons. The van der Waals surface area contributed by atoms with Gasteiger partial charge in [-0.2, -0.15) is 0 Å². The first-order valence-electron chi connectivity index (χ1n) is 15.6. The molecule has 1 aromatic rings. The average Bonchev–Trinajstić information content (AvgIpc) is 3.19. The zero-order chi connectivity index (χ0) is 31.4. The van der Waals surface area contributed by atoms with Gasteiger partial charge in [-0.15, -0.1) is 0 Å². The molecule has 0 aliphatic heterocycles. The SMILES string of the molecule is CCC(=O)OCC(=O)[C@@]1(OC(=O)CC)[C@@H](C)C[C@H]2[C@@H]3CCC4=C/C(=N/c5ccccc5C)C=C[C@]4(C)[C@@]3(F)[C@@H](O)C[C@@]21C. The molecule has 7 nitrogen and oxygen atoms in total. The molecule has 1 N–H and O–H groups in total. The van der Waals surface area contributed by atoms with Gasteiger partial charge in [-0.05, 0) is 69.2 Å². The molecule has 0 unspecified atom stereocenters. The third kappa shape index (κ3) is 4.54. The monoisotopic (exact) mass is 593 g/mol. The number of alkyl halides is 1. The van der Waals surface area contributed by atoms with E-state index in [1.807, 2.05) is 70.2 Å². The first kappa shape index (κ1) is 31.3. The second-order valence-corrected chi connectivity index (χ2v) is 13.3. The van der Waals surface area contributed by atoms with E-state index in [0.717, 1.165) is 22.5 Å². The lowest BCUT2D eigenvalue weighted by atomic mass is 9.44. The van der Waals surface area contributed by atoms with Gasteiger partial charge in [-0.3, -0.25) is 14.4 Å². The van der Waals surface area contributed by atoms with Gasteiger partial charge >= 0.3 is 11.9 Å². The van der Waals surface area contributed by atoms with Crippen LogP contribution in [-0.2, 0) is 23.9 Å². The molecule has 1 aromatic carbocycles. The zero-order valence-electron chi connectivity index (χ0n) is 26.1. The standard InChI is InChI=1S/C35H44FNO6/c1-7-30(40)42-20-29(39)35(43-31(41)8-2)22(4)17-26-25-14-13-23-18-24(37-27-12-10-9-11-21(27)3)15-16-32(23,5)34(25,36)28(38)19-33(26,35)6/h9-12,15-16,18,22,25-26,28,38H,7-8,13-14,17,19-20H2,1-6H3/b37-24+/t22-,25-,26-,28-,32-,33-,34-,35-/m0/s1. The second kappa shape index (κ2) is 11.1. The van der Waals surface area contributed by atoms with E-state index in [1.54, 1.807) is 13.8 Å². The maximum absolute atomic E-state index is 17.9. The largest absolute Gasteiger partial charge is 0.457 e. The number of carbonyl (C=O) groups is 3. The van der Waals surface area contributed by atoms with Gasteiger partial charge in [-0.25, -0.2) is 9.38 Å². The fraction of sp³-hybridized carbons (Fsp3) is 0.600. The van der Waals surface area contributed by atoms with E-state index in [9.17, 15) is 19.5 Å². The number of rotatable bonds is 7.